The summed E-state index contributed by atoms with van der Waals surface area (Å²) < 4.78 is 3.21. The molecule has 0 saturated heterocycles. The van der Waals surface area contributed by atoms with Crippen LogP contribution in [0.5, 0.6) is 0 Å². The van der Waals surface area contributed by atoms with E-state index in [0.29, 0.717) is 0 Å². The second kappa shape index (κ2) is 6.68. The first-order valence-electron chi connectivity index (χ1n) is 6.79. The molecule has 0 aliphatic heterocycles. The van der Waals surface area contributed by atoms with E-state index in [-0.39, 0.29) is 0 Å². The van der Waals surface area contributed by atoms with Crippen LogP contribution in [0.1, 0.15) is 30.8 Å². The molecule has 0 aliphatic rings. The molecule has 0 bridgehead atoms. The van der Waals surface area contributed by atoms with Crippen LogP contribution in [0.25, 0.3) is 0 Å². The van der Waals surface area contributed by atoms with Crippen LogP contribution in [0, 0.1) is 6.92 Å². The molecule has 0 atom stereocenters. The molecule has 0 saturated carbocycles. The van der Waals surface area contributed by atoms with Crippen LogP contribution in [0.3, 0.4) is 0 Å². The summed E-state index contributed by atoms with van der Waals surface area (Å²) >= 11 is 5.44. The molecular weight excluding hydrogens is 334 g/mol. The maximum atomic E-state index is 6.07. The number of aromatic nitrogens is 2. The monoisotopic (exact) mass is 353 g/mol. The summed E-state index contributed by atoms with van der Waals surface area (Å²) in [5.41, 5.74) is 10.5. The topological polar surface area (TPSA) is 43.8 Å². The highest BCUT2D eigenvalue weighted by Gasteiger charge is 2.14. The van der Waals surface area contributed by atoms with E-state index >= 15 is 0 Å². The zero-order valence-electron chi connectivity index (χ0n) is 12.1. The van der Waals surface area contributed by atoms with Gasteiger partial charge in [-0.15, -0.1) is 11.8 Å². The number of nitrogens with two attached hydrogens (primary N) is 1. The highest BCUT2D eigenvalue weighted by molar-refractivity contribution is 9.10. The molecule has 2 aromatic rings. The fourth-order valence-electron chi connectivity index (χ4n) is 2.10. The Kier molecular flexibility index (Phi) is 5.16. The van der Waals surface area contributed by atoms with Crippen LogP contribution in [0.15, 0.2) is 27.6 Å². The van der Waals surface area contributed by atoms with Gasteiger partial charge in [0, 0.05) is 22.9 Å². The number of nitrogens with zero attached hydrogens (tertiary/aromatic N) is 2. The number of anilines is 1. The second-order valence-electron chi connectivity index (χ2n) is 4.71. The SMILES string of the molecule is CCc1nn(CC)c(CSc2ccc(C)cc2N)c1Br. The van der Waals surface area contributed by atoms with E-state index in [0.717, 1.165) is 39.5 Å². The molecule has 1 aromatic heterocycles. The Morgan fingerprint density at radius 1 is 1.35 bits per heavy atom. The first kappa shape index (κ1) is 15.4. The minimum atomic E-state index is 0.851. The van der Waals surface area contributed by atoms with Crippen LogP contribution < -0.4 is 5.73 Å². The lowest BCUT2D eigenvalue weighted by Gasteiger charge is -2.08. The predicted octanol–water partition coefficient (Wildman–Crippen LogP) is 4.41. The molecule has 0 fully saturated rings. The van der Waals surface area contributed by atoms with Gasteiger partial charge in [0.1, 0.15) is 0 Å². The number of thioether (sulfide) groups is 1. The third-order valence-corrected chi connectivity index (χ3v) is 5.24. The van der Waals surface area contributed by atoms with Gasteiger partial charge in [-0.25, -0.2) is 0 Å². The van der Waals surface area contributed by atoms with Gasteiger partial charge in [-0.3, -0.25) is 4.68 Å². The Morgan fingerprint density at radius 2 is 2.10 bits per heavy atom. The Bertz CT molecular complexity index is 607. The van der Waals surface area contributed by atoms with E-state index < -0.39 is 0 Å². The van der Waals surface area contributed by atoms with Crippen molar-refractivity contribution in [2.75, 3.05) is 5.73 Å². The van der Waals surface area contributed by atoms with E-state index in [9.17, 15) is 0 Å². The van der Waals surface area contributed by atoms with Gasteiger partial charge in [-0.05, 0) is 53.9 Å². The second-order valence-corrected chi connectivity index (χ2v) is 6.52. The third-order valence-electron chi connectivity index (χ3n) is 3.22. The molecule has 5 heteroatoms. The molecule has 108 valence electrons. The lowest BCUT2D eigenvalue weighted by atomic mass is 10.2. The fraction of sp³-hybridized carbons (Fsp3) is 0.400. The van der Waals surface area contributed by atoms with Gasteiger partial charge in [-0.2, -0.15) is 5.10 Å². The van der Waals surface area contributed by atoms with Crippen LogP contribution in [-0.4, -0.2) is 9.78 Å². The fourth-order valence-corrected chi connectivity index (χ4v) is 3.97. The van der Waals surface area contributed by atoms with Crippen molar-refractivity contribution in [3.05, 3.63) is 39.6 Å². The number of benzene rings is 1. The molecule has 3 nitrogen and oxygen atoms in total. The summed E-state index contributed by atoms with van der Waals surface area (Å²) in [6, 6.07) is 6.21. The Balaban J connectivity index is 2.20. The maximum Gasteiger partial charge on any atom is 0.0767 e. The van der Waals surface area contributed by atoms with Crippen molar-refractivity contribution >= 4 is 33.4 Å². The molecule has 0 radical (unpaired) electrons. The molecule has 0 spiro atoms. The first-order valence-corrected chi connectivity index (χ1v) is 8.57. The molecule has 20 heavy (non-hydrogen) atoms. The summed E-state index contributed by atoms with van der Waals surface area (Å²) in [4.78, 5) is 1.13. The summed E-state index contributed by atoms with van der Waals surface area (Å²) in [5.74, 6) is 0.870. The number of hydrogen-bond acceptors (Lipinski definition) is 3. The van der Waals surface area contributed by atoms with E-state index in [1.165, 1.54) is 11.3 Å². The molecule has 0 aliphatic carbocycles. The van der Waals surface area contributed by atoms with Gasteiger partial charge in [0.05, 0.1) is 15.9 Å². The van der Waals surface area contributed by atoms with Gasteiger partial charge in [0.2, 0.25) is 0 Å². The van der Waals surface area contributed by atoms with Crippen molar-refractivity contribution in [2.45, 2.75) is 44.4 Å². The summed E-state index contributed by atoms with van der Waals surface area (Å²) in [6.07, 6.45) is 0.942. The predicted molar refractivity (Wildman–Crippen MR) is 90.1 cm³/mol. The average Bonchev–Trinajstić information content (AvgIpc) is 2.74. The summed E-state index contributed by atoms with van der Waals surface area (Å²) in [5, 5.41) is 4.62. The lowest BCUT2D eigenvalue weighted by Crippen LogP contribution is -2.02. The van der Waals surface area contributed by atoms with Crippen molar-refractivity contribution in [1.29, 1.82) is 0 Å². The minimum absolute atomic E-state index is 0.851. The van der Waals surface area contributed by atoms with E-state index in [1.807, 2.05) is 6.07 Å². The van der Waals surface area contributed by atoms with Crippen LogP contribution in [0.4, 0.5) is 5.69 Å². The number of rotatable bonds is 5. The van der Waals surface area contributed by atoms with Crippen molar-refractivity contribution in [1.82, 2.24) is 9.78 Å². The molecule has 0 unspecified atom stereocenters. The third kappa shape index (κ3) is 3.20. The van der Waals surface area contributed by atoms with Gasteiger partial charge >= 0.3 is 0 Å². The highest BCUT2D eigenvalue weighted by Crippen LogP contribution is 2.32. The molecule has 1 heterocycles. The zero-order valence-corrected chi connectivity index (χ0v) is 14.5. The summed E-state index contributed by atoms with van der Waals surface area (Å²) in [7, 11) is 0. The molecule has 0 amide bonds. The Morgan fingerprint density at radius 3 is 2.70 bits per heavy atom. The van der Waals surface area contributed by atoms with Crippen LogP contribution in [0.2, 0.25) is 0 Å². The number of nitrogen functional groups attached to an aromatic ring is 1. The number of hydrogen-bond donors (Lipinski definition) is 1. The van der Waals surface area contributed by atoms with Gasteiger partial charge in [-0.1, -0.05) is 13.0 Å². The highest BCUT2D eigenvalue weighted by atomic mass is 79.9. The Hall–Kier alpha value is -0.940. The van der Waals surface area contributed by atoms with E-state index in [4.69, 9.17) is 5.73 Å². The smallest absolute Gasteiger partial charge is 0.0767 e. The normalized spacial score (nSPS) is 11.0. The van der Waals surface area contributed by atoms with E-state index in [2.05, 4.69) is 58.6 Å². The summed E-state index contributed by atoms with van der Waals surface area (Å²) in [6.45, 7) is 7.19. The first-order chi connectivity index (χ1) is 9.56. The number of aryl methyl sites for hydroxylation is 3. The molecule has 1 aromatic carbocycles. The van der Waals surface area contributed by atoms with Crippen molar-refractivity contribution in [2.24, 2.45) is 0 Å². The van der Waals surface area contributed by atoms with Crippen molar-refractivity contribution in [3.63, 3.8) is 0 Å². The Labute approximate surface area is 133 Å². The minimum Gasteiger partial charge on any atom is -0.398 e. The maximum absolute atomic E-state index is 6.07. The molecule has 2 rings (SSSR count). The van der Waals surface area contributed by atoms with Gasteiger partial charge in [0.15, 0.2) is 0 Å². The quantitative estimate of drug-likeness (QED) is 0.639. The zero-order chi connectivity index (χ0) is 14.7. The molecular formula is C15H20BrN3S. The van der Waals surface area contributed by atoms with Crippen LogP contribution >= 0.6 is 27.7 Å². The standard InChI is InChI=1S/C15H20BrN3S/c1-4-12-15(16)13(19(5-2)18-12)9-20-14-7-6-10(3)8-11(14)17/h6-8H,4-5,9,17H2,1-3H3. The van der Waals surface area contributed by atoms with Crippen LogP contribution in [-0.2, 0) is 18.7 Å². The van der Waals surface area contributed by atoms with E-state index in [1.54, 1.807) is 11.8 Å². The van der Waals surface area contributed by atoms with Gasteiger partial charge < -0.3 is 5.73 Å². The average molecular weight is 354 g/mol. The molecule has 2 N–H and O–H groups in total. The van der Waals surface area contributed by atoms with Gasteiger partial charge in [0.25, 0.3) is 0 Å². The van der Waals surface area contributed by atoms with Crippen molar-refractivity contribution in [3.8, 4) is 0 Å². The largest absolute Gasteiger partial charge is 0.398 e. The van der Waals surface area contributed by atoms with Crippen molar-refractivity contribution < 1.29 is 0 Å². The lowest BCUT2D eigenvalue weighted by molar-refractivity contribution is 0.627. The number of halogens is 1.